The molecule has 1 aliphatic rings. The standard InChI is InChI=1S/C31H33F2N3O6/c1-19-23(12-7-13-26(19)37)28(39)35-24(15-20-8-4-3-5-9-20)27(38)30(41)36-18-31(32,33)16-25(36)29(40)34-17-21-10-6-11-22(14-21)42-2/h3-14,24-25,27,37-38H,15-18H2,1-2H3,(H,34,40)(H,35,39)/t24?,25-,27-/m0/s1. The second-order valence-electron chi connectivity index (χ2n) is 10.3. The van der Waals surface area contributed by atoms with Gasteiger partial charge < -0.3 is 30.5 Å². The van der Waals surface area contributed by atoms with Crippen molar-refractivity contribution in [3.63, 3.8) is 0 Å². The van der Waals surface area contributed by atoms with Crippen LogP contribution in [-0.4, -0.2) is 70.6 Å². The number of methoxy groups -OCH3 is 1. The van der Waals surface area contributed by atoms with Gasteiger partial charge in [0.05, 0.1) is 19.7 Å². The van der Waals surface area contributed by atoms with Gasteiger partial charge in [-0.15, -0.1) is 0 Å². The molecule has 3 aromatic rings. The molecule has 0 saturated carbocycles. The molecule has 222 valence electrons. The number of carbonyl (C=O) groups excluding carboxylic acids is 3. The molecule has 1 saturated heterocycles. The van der Waals surface area contributed by atoms with Crippen LogP contribution in [0.4, 0.5) is 8.78 Å². The van der Waals surface area contributed by atoms with Crippen molar-refractivity contribution in [3.8, 4) is 11.5 Å². The number of amides is 3. The normalized spacial score (nSPS) is 17.3. The number of benzene rings is 3. The predicted octanol–water partition coefficient (Wildman–Crippen LogP) is 2.96. The quantitative estimate of drug-likeness (QED) is 0.292. The first-order valence-corrected chi connectivity index (χ1v) is 13.4. The van der Waals surface area contributed by atoms with Gasteiger partial charge in [-0.1, -0.05) is 48.5 Å². The molecule has 3 aromatic carbocycles. The fourth-order valence-electron chi connectivity index (χ4n) is 4.94. The fourth-order valence-corrected chi connectivity index (χ4v) is 4.94. The lowest BCUT2D eigenvalue weighted by Crippen LogP contribution is -2.55. The molecule has 0 aromatic heterocycles. The number of nitrogens with zero attached hydrogens (tertiary/aromatic N) is 1. The summed E-state index contributed by atoms with van der Waals surface area (Å²) in [5.74, 6) is -5.49. The van der Waals surface area contributed by atoms with E-state index in [-0.39, 0.29) is 24.3 Å². The molecule has 0 spiro atoms. The van der Waals surface area contributed by atoms with E-state index in [4.69, 9.17) is 4.74 Å². The van der Waals surface area contributed by atoms with Crippen molar-refractivity contribution in [2.24, 2.45) is 0 Å². The smallest absolute Gasteiger partial charge is 0.267 e. The Hall–Kier alpha value is -4.51. The Morgan fingerprint density at radius 3 is 2.45 bits per heavy atom. The Bertz CT molecular complexity index is 1440. The third-order valence-electron chi connectivity index (χ3n) is 7.26. The van der Waals surface area contributed by atoms with E-state index in [0.717, 1.165) is 0 Å². The van der Waals surface area contributed by atoms with Gasteiger partial charge >= 0.3 is 0 Å². The molecule has 11 heteroatoms. The van der Waals surface area contributed by atoms with Crippen molar-refractivity contribution in [2.75, 3.05) is 13.7 Å². The minimum atomic E-state index is -3.36. The summed E-state index contributed by atoms with van der Waals surface area (Å²) < 4.78 is 34.3. The van der Waals surface area contributed by atoms with E-state index in [1.54, 1.807) is 61.5 Å². The fraction of sp³-hybridized carbons (Fsp3) is 0.323. The summed E-state index contributed by atoms with van der Waals surface area (Å²) >= 11 is 0. The maximum atomic E-state index is 14.6. The van der Waals surface area contributed by atoms with Gasteiger partial charge in [0.25, 0.3) is 17.7 Å². The van der Waals surface area contributed by atoms with Gasteiger partial charge in [-0.2, -0.15) is 0 Å². The van der Waals surface area contributed by atoms with Crippen molar-refractivity contribution in [1.82, 2.24) is 15.5 Å². The molecule has 0 bridgehead atoms. The molecule has 4 N–H and O–H groups in total. The van der Waals surface area contributed by atoms with Crippen LogP contribution in [0.3, 0.4) is 0 Å². The number of alkyl halides is 2. The van der Waals surface area contributed by atoms with E-state index >= 15 is 0 Å². The highest BCUT2D eigenvalue weighted by Gasteiger charge is 2.51. The summed E-state index contributed by atoms with van der Waals surface area (Å²) in [6.07, 6.45) is -2.86. The third kappa shape index (κ3) is 7.22. The number of hydrogen-bond donors (Lipinski definition) is 4. The van der Waals surface area contributed by atoms with Crippen molar-refractivity contribution in [3.05, 3.63) is 95.1 Å². The summed E-state index contributed by atoms with van der Waals surface area (Å²) in [6.45, 7) is 0.496. The average molecular weight is 582 g/mol. The SMILES string of the molecule is COc1cccc(CNC(=O)[C@@H]2CC(F)(F)CN2C(=O)[C@@H](O)C(Cc2ccccc2)NC(=O)c2cccc(O)c2C)c1. The zero-order chi connectivity index (χ0) is 30.4. The van der Waals surface area contributed by atoms with Crippen LogP contribution in [-0.2, 0) is 22.6 Å². The summed E-state index contributed by atoms with van der Waals surface area (Å²) in [5.41, 5.74) is 1.75. The number of phenolic OH excluding ortho intramolecular Hbond substituents is 1. The molecule has 0 radical (unpaired) electrons. The van der Waals surface area contributed by atoms with Crippen molar-refractivity contribution in [2.45, 2.75) is 50.4 Å². The van der Waals surface area contributed by atoms with Crippen LogP contribution in [0.5, 0.6) is 11.5 Å². The Labute approximate surface area is 242 Å². The second-order valence-corrected chi connectivity index (χ2v) is 10.3. The van der Waals surface area contributed by atoms with E-state index in [2.05, 4.69) is 10.6 Å². The van der Waals surface area contributed by atoms with E-state index in [1.807, 2.05) is 0 Å². The average Bonchev–Trinajstić information content (AvgIpc) is 3.32. The first kappa shape index (κ1) is 30.4. The Kier molecular flexibility index (Phi) is 9.41. The number of carbonyl (C=O) groups is 3. The monoisotopic (exact) mass is 581 g/mol. The molecular formula is C31H33F2N3O6. The number of nitrogens with one attached hydrogen (secondary N) is 2. The summed E-state index contributed by atoms with van der Waals surface area (Å²) in [4.78, 5) is 40.4. The summed E-state index contributed by atoms with van der Waals surface area (Å²) in [6, 6.07) is 17.2. The maximum Gasteiger partial charge on any atom is 0.267 e. The van der Waals surface area contributed by atoms with Gasteiger partial charge in [-0.05, 0) is 48.7 Å². The van der Waals surface area contributed by atoms with Crippen LogP contribution in [0, 0.1) is 6.92 Å². The Morgan fingerprint density at radius 2 is 1.74 bits per heavy atom. The topological polar surface area (TPSA) is 128 Å². The predicted molar refractivity (Wildman–Crippen MR) is 150 cm³/mol. The van der Waals surface area contributed by atoms with Crippen LogP contribution in [0.25, 0.3) is 0 Å². The minimum Gasteiger partial charge on any atom is -0.508 e. The Balaban J connectivity index is 1.54. The Morgan fingerprint density at radius 1 is 1.05 bits per heavy atom. The number of aromatic hydroxyl groups is 1. The van der Waals surface area contributed by atoms with Gasteiger partial charge in [-0.3, -0.25) is 14.4 Å². The zero-order valence-electron chi connectivity index (χ0n) is 23.2. The lowest BCUT2D eigenvalue weighted by Gasteiger charge is -2.30. The molecule has 0 aliphatic carbocycles. The van der Waals surface area contributed by atoms with Crippen LogP contribution in [0.15, 0.2) is 72.8 Å². The van der Waals surface area contributed by atoms with Crippen molar-refractivity contribution < 1.29 is 38.1 Å². The molecule has 42 heavy (non-hydrogen) atoms. The van der Waals surface area contributed by atoms with E-state index in [9.17, 15) is 33.4 Å². The molecule has 1 fully saturated rings. The first-order chi connectivity index (χ1) is 20.0. The molecule has 3 atom stereocenters. The molecule has 9 nitrogen and oxygen atoms in total. The third-order valence-corrected chi connectivity index (χ3v) is 7.26. The molecule has 1 unspecified atom stereocenters. The zero-order valence-corrected chi connectivity index (χ0v) is 23.2. The second kappa shape index (κ2) is 13.0. The number of ether oxygens (including phenoxy) is 1. The van der Waals surface area contributed by atoms with E-state index in [1.165, 1.54) is 25.3 Å². The largest absolute Gasteiger partial charge is 0.508 e. The van der Waals surface area contributed by atoms with Gasteiger partial charge in [0.15, 0.2) is 6.10 Å². The first-order valence-electron chi connectivity index (χ1n) is 13.4. The van der Waals surface area contributed by atoms with Gasteiger partial charge in [0.1, 0.15) is 17.5 Å². The van der Waals surface area contributed by atoms with Crippen molar-refractivity contribution in [1.29, 1.82) is 0 Å². The number of phenols is 1. The number of rotatable bonds is 10. The number of aliphatic hydroxyl groups excluding tert-OH is 1. The highest BCUT2D eigenvalue weighted by molar-refractivity contribution is 5.97. The number of halogens is 2. The molecule has 3 amide bonds. The summed E-state index contributed by atoms with van der Waals surface area (Å²) in [5, 5.41) is 26.5. The van der Waals surface area contributed by atoms with Crippen LogP contribution in [0.1, 0.15) is 33.5 Å². The molecule has 1 aliphatic heterocycles. The maximum absolute atomic E-state index is 14.6. The lowest BCUT2D eigenvalue weighted by molar-refractivity contribution is -0.147. The molecular weight excluding hydrogens is 548 g/mol. The highest BCUT2D eigenvalue weighted by Crippen LogP contribution is 2.33. The van der Waals surface area contributed by atoms with Gasteiger partial charge in [0.2, 0.25) is 5.91 Å². The highest BCUT2D eigenvalue weighted by atomic mass is 19.3. The van der Waals surface area contributed by atoms with Crippen LogP contribution in [0.2, 0.25) is 0 Å². The van der Waals surface area contributed by atoms with E-state index in [0.29, 0.717) is 27.3 Å². The van der Waals surface area contributed by atoms with Gasteiger partial charge in [0, 0.05) is 24.1 Å². The molecule has 1 heterocycles. The number of aliphatic hydroxyl groups is 1. The van der Waals surface area contributed by atoms with Gasteiger partial charge in [-0.25, -0.2) is 8.78 Å². The van der Waals surface area contributed by atoms with Crippen molar-refractivity contribution >= 4 is 17.7 Å². The molecule has 4 rings (SSSR count). The number of hydrogen-bond acceptors (Lipinski definition) is 6. The van der Waals surface area contributed by atoms with E-state index < -0.39 is 54.8 Å². The van der Waals surface area contributed by atoms with Crippen LogP contribution < -0.4 is 15.4 Å². The number of likely N-dealkylation sites (tertiary alicyclic amines) is 1. The lowest BCUT2D eigenvalue weighted by atomic mass is 9.98. The van der Waals surface area contributed by atoms with Crippen LogP contribution >= 0.6 is 0 Å². The summed E-state index contributed by atoms with van der Waals surface area (Å²) in [7, 11) is 1.49. The minimum absolute atomic E-state index is 0.00567.